The number of carboxylic acid groups (broad SMARTS) is 2. The third-order valence-corrected chi connectivity index (χ3v) is 5.63. The van der Waals surface area contributed by atoms with Crippen molar-refractivity contribution >= 4 is 42.9 Å². The lowest BCUT2D eigenvalue weighted by Gasteiger charge is -2.28. The summed E-state index contributed by atoms with van der Waals surface area (Å²) >= 11 is 0. The maximum Gasteiger partial charge on any atom is 0.331 e. The maximum atomic E-state index is 11.8. The Kier molecular flexibility index (Phi) is 5.48. The van der Waals surface area contributed by atoms with E-state index in [-0.39, 0.29) is 5.39 Å². The number of benzene rings is 2. The van der Waals surface area contributed by atoms with E-state index in [1.54, 1.807) is 0 Å². The second kappa shape index (κ2) is 7.08. The fraction of sp³-hybridized carbons (Fsp3) is 0.143. The molecule has 2 aromatic rings. The van der Waals surface area contributed by atoms with E-state index in [1.807, 2.05) is 0 Å². The number of aliphatic carboxylic acids is 2. The predicted molar refractivity (Wildman–Crippen MR) is 90.1 cm³/mol. The van der Waals surface area contributed by atoms with Crippen LogP contribution in [-0.2, 0) is 35.4 Å². The molecule has 0 saturated carbocycles. The van der Waals surface area contributed by atoms with Gasteiger partial charge in [0, 0.05) is 5.39 Å². The standard InChI is InChI=1S/C14H13NO11S2/c16-11(17)6-14(15-20,13(18)19)9-3-1-2-7-4-8(27(21,22)23)5-10(12(7)9)28(24,25)26/h1-5,15,20H,6H2,(H,16,17)(H,18,19)(H,21,22,23)(H,24,25,26). The average molecular weight is 435 g/mol. The van der Waals surface area contributed by atoms with E-state index in [9.17, 15) is 45.8 Å². The number of rotatable bonds is 7. The molecule has 0 saturated heterocycles. The lowest BCUT2D eigenvalue weighted by molar-refractivity contribution is -0.157. The number of nitrogens with one attached hydrogen (secondary N) is 1. The van der Waals surface area contributed by atoms with Gasteiger partial charge in [-0.3, -0.25) is 13.9 Å². The summed E-state index contributed by atoms with van der Waals surface area (Å²) in [5.74, 6) is -3.58. The van der Waals surface area contributed by atoms with Gasteiger partial charge in [0.1, 0.15) is 4.90 Å². The molecule has 0 bridgehead atoms. The van der Waals surface area contributed by atoms with Crippen LogP contribution >= 0.6 is 0 Å². The smallest absolute Gasteiger partial charge is 0.331 e. The van der Waals surface area contributed by atoms with Crippen molar-refractivity contribution in [2.24, 2.45) is 0 Å². The molecule has 28 heavy (non-hydrogen) atoms. The highest BCUT2D eigenvalue weighted by Gasteiger charge is 2.44. The van der Waals surface area contributed by atoms with Crippen molar-refractivity contribution in [1.29, 1.82) is 0 Å². The number of hydrogen-bond acceptors (Lipinski definition) is 8. The Labute approximate surface area is 157 Å². The molecule has 0 aliphatic carbocycles. The van der Waals surface area contributed by atoms with Crippen molar-refractivity contribution in [2.45, 2.75) is 21.8 Å². The van der Waals surface area contributed by atoms with Crippen LogP contribution in [0.3, 0.4) is 0 Å². The van der Waals surface area contributed by atoms with E-state index in [0.29, 0.717) is 6.07 Å². The molecule has 2 rings (SSSR count). The van der Waals surface area contributed by atoms with Crippen molar-refractivity contribution in [1.82, 2.24) is 5.48 Å². The molecule has 0 amide bonds. The zero-order valence-corrected chi connectivity index (χ0v) is 15.2. The highest BCUT2D eigenvalue weighted by atomic mass is 32.2. The van der Waals surface area contributed by atoms with Crippen LogP contribution in [0.4, 0.5) is 0 Å². The van der Waals surface area contributed by atoms with E-state index in [0.717, 1.165) is 24.3 Å². The van der Waals surface area contributed by atoms with Gasteiger partial charge in [-0.15, -0.1) is 0 Å². The van der Waals surface area contributed by atoms with Crippen LogP contribution in [0.1, 0.15) is 12.0 Å². The quantitative estimate of drug-likeness (QED) is 0.251. The molecule has 1 atom stereocenters. The van der Waals surface area contributed by atoms with Crippen LogP contribution in [0.15, 0.2) is 40.1 Å². The average Bonchev–Trinajstić information content (AvgIpc) is 2.56. The molecule has 152 valence electrons. The number of hydrogen-bond donors (Lipinski definition) is 6. The lowest BCUT2D eigenvalue weighted by Crippen LogP contribution is -2.49. The molecule has 0 aliphatic rings. The van der Waals surface area contributed by atoms with E-state index >= 15 is 0 Å². The van der Waals surface area contributed by atoms with Crippen molar-refractivity contribution in [3.8, 4) is 0 Å². The van der Waals surface area contributed by atoms with Crippen LogP contribution in [-0.4, -0.2) is 53.3 Å². The first-order valence-corrected chi connectivity index (χ1v) is 10.0. The van der Waals surface area contributed by atoms with Gasteiger partial charge < -0.3 is 15.4 Å². The van der Waals surface area contributed by atoms with Crippen molar-refractivity contribution < 1.29 is 51.0 Å². The van der Waals surface area contributed by atoms with Crippen LogP contribution in [0.25, 0.3) is 10.8 Å². The maximum absolute atomic E-state index is 11.8. The van der Waals surface area contributed by atoms with Gasteiger partial charge in [-0.2, -0.15) is 22.3 Å². The minimum absolute atomic E-state index is 0.272. The van der Waals surface area contributed by atoms with Gasteiger partial charge in [0.15, 0.2) is 5.54 Å². The Balaban J connectivity index is 3.12. The SMILES string of the molecule is O=C(O)CC(NO)(C(=O)O)c1cccc2cc(S(=O)(=O)O)cc(S(=O)(=O)O)c12. The third-order valence-electron chi connectivity index (χ3n) is 3.92. The van der Waals surface area contributed by atoms with Crippen molar-refractivity contribution in [3.05, 3.63) is 35.9 Å². The zero-order valence-electron chi connectivity index (χ0n) is 13.6. The summed E-state index contributed by atoms with van der Waals surface area (Å²) in [6, 6.07) is 4.41. The van der Waals surface area contributed by atoms with Gasteiger partial charge >= 0.3 is 11.9 Å². The number of fused-ring (bicyclic) bond motifs is 1. The predicted octanol–water partition coefficient (Wildman–Crippen LogP) is 0.0666. The van der Waals surface area contributed by atoms with Crippen LogP contribution in [0.2, 0.25) is 0 Å². The van der Waals surface area contributed by atoms with Crippen molar-refractivity contribution in [2.75, 3.05) is 0 Å². The minimum Gasteiger partial charge on any atom is -0.481 e. The van der Waals surface area contributed by atoms with E-state index in [4.69, 9.17) is 5.11 Å². The summed E-state index contributed by atoms with van der Waals surface area (Å²) in [6.07, 6.45) is -1.25. The second-order valence-electron chi connectivity index (χ2n) is 5.67. The van der Waals surface area contributed by atoms with Crippen molar-refractivity contribution in [3.63, 3.8) is 0 Å². The molecular formula is C14H13NO11S2. The largest absolute Gasteiger partial charge is 0.481 e. The molecule has 0 spiro atoms. The Morgan fingerprint density at radius 1 is 1.00 bits per heavy atom. The molecule has 2 aromatic carbocycles. The van der Waals surface area contributed by atoms with Crippen LogP contribution in [0, 0.1) is 0 Å². The number of hydroxylamine groups is 1. The fourth-order valence-electron chi connectivity index (χ4n) is 2.73. The Bertz CT molecular complexity index is 1190. The van der Waals surface area contributed by atoms with E-state index < -0.39 is 64.9 Å². The molecule has 0 aromatic heterocycles. The monoisotopic (exact) mass is 435 g/mol. The highest BCUT2D eigenvalue weighted by molar-refractivity contribution is 7.86. The first kappa shape index (κ1) is 21.7. The second-order valence-corrected chi connectivity index (χ2v) is 8.48. The normalized spacial score (nSPS) is 14.5. The third kappa shape index (κ3) is 3.82. The van der Waals surface area contributed by atoms with Gasteiger partial charge in [-0.1, -0.05) is 18.2 Å². The summed E-state index contributed by atoms with van der Waals surface area (Å²) in [5.41, 5.74) is -1.98. The summed E-state index contributed by atoms with van der Waals surface area (Å²) in [4.78, 5) is 20.9. The Morgan fingerprint density at radius 3 is 2.04 bits per heavy atom. The number of carboxylic acids is 2. The molecule has 14 heteroatoms. The summed E-state index contributed by atoms with van der Waals surface area (Å²) in [5, 5.41) is 27.2. The van der Waals surface area contributed by atoms with Crippen LogP contribution < -0.4 is 5.48 Å². The molecule has 0 fully saturated rings. The zero-order chi connectivity index (χ0) is 21.5. The topological polar surface area (TPSA) is 216 Å². The molecule has 0 aliphatic heterocycles. The minimum atomic E-state index is -5.18. The molecule has 6 N–H and O–H groups in total. The van der Waals surface area contributed by atoms with Gasteiger partial charge in [0.05, 0.1) is 11.3 Å². The summed E-state index contributed by atoms with van der Waals surface area (Å²) in [7, 11) is -10.1. The molecule has 0 heterocycles. The first-order valence-electron chi connectivity index (χ1n) is 7.12. The molecular weight excluding hydrogens is 422 g/mol. The lowest BCUT2D eigenvalue weighted by atomic mass is 9.84. The Morgan fingerprint density at radius 2 is 1.61 bits per heavy atom. The summed E-state index contributed by atoms with van der Waals surface area (Å²) in [6.45, 7) is 0. The molecule has 12 nitrogen and oxygen atoms in total. The number of carbonyl (C=O) groups is 2. The van der Waals surface area contributed by atoms with Gasteiger partial charge in [0.25, 0.3) is 20.2 Å². The van der Waals surface area contributed by atoms with Gasteiger partial charge in [-0.25, -0.2) is 4.79 Å². The molecule has 1 unspecified atom stereocenters. The highest BCUT2D eigenvalue weighted by Crippen LogP contribution is 2.37. The van der Waals surface area contributed by atoms with Gasteiger partial charge in [0.2, 0.25) is 0 Å². The molecule has 0 radical (unpaired) electrons. The summed E-state index contributed by atoms with van der Waals surface area (Å²) < 4.78 is 65.1. The Hall–Kier alpha value is -2.62. The first-order chi connectivity index (χ1) is 12.7. The van der Waals surface area contributed by atoms with Gasteiger partial charge in [-0.05, 0) is 23.1 Å². The van der Waals surface area contributed by atoms with E-state index in [1.165, 1.54) is 5.48 Å². The van der Waals surface area contributed by atoms with Crippen LogP contribution in [0.5, 0.6) is 0 Å². The van der Waals surface area contributed by atoms with E-state index in [2.05, 4.69) is 0 Å². The fourth-order valence-corrected chi connectivity index (χ4v) is 4.11.